The van der Waals surface area contributed by atoms with Crippen LogP contribution in [-0.2, 0) is 16.1 Å². The van der Waals surface area contributed by atoms with Crippen molar-refractivity contribution in [3.05, 3.63) is 35.9 Å². The summed E-state index contributed by atoms with van der Waals surface area (Å²) < 4.78 is 11.2. The number of rotatable bonds is 4. The van der Waals surface area contributed by atoms with Crippen molar-refractivity contribution >= 4 is 0 Å². The first kappa shape index (κ1) is 13.5. The summed E-state index contributed by atoms with van der Waals surface area (Å²) in [4.78, 5) is 0. The van der Waals surface area contributed by atoms with Crippen LogP contribution < -0.4 is 11.5 Å². The number of aliphatic hydroxyl groups is 1. The first-order chi connectivity index (χ1) is 8.70. The van der Waals surface area contributed by atoms with Crippen LogP contribution in [0.25, 0.3) is 0 Å². The van der Waals surface area contributed by atoms with Crippen LogP contribution >= 0.6 is 0 Å². The second-order valence-electron chi connectivity index (χ2n) is 4.59. The van der Waals surface area contributed by atoms with Crippen molar-refractivity contribution in [2.45, 2.75) is 37.5 Å². The van der Waals surface area contributed by atoms with E-state index >= 15 is 0 Å². The smallest absolute Gasteiger partial charge is 0.173 e. The van der Waals surface area contributed by atoms with Gasteiger partial charge in [-0.3, -0.25) is 0 Å². The molecule has 1 saturated heterocycles. The number of ether oxygens (including phenoxy) is 2. The van der Waals surface area contributed by atoms with E-state index in [-0.39, 0.29) is 18.7 Å². The van der Waals surface area contributed by atoms with Gasteiger partial charge in [0.25, 0.3) is 0 Å². The summed E-state index contributed by atoms with van der Waals surface area (Å²) in [5.41, 5.74) is 12.8. The lowest BCUT2D eigenvalue weighted by atomic mass is 10.00. The molecule has 0 bridgehead atoms. The summed E-state index contributed by atoms with van der Waals surface area (Å²) in [7, 11) is 0. The van der Waals surface area contributed by atoms with Crippen LogP contribution in [0.2, 0.25) is 0 Å². The molecule has 18 heavy (non-hydrogen) atoms. The molecule has 5 heteroatoms. The van der Waals surface area contributed by atoms with Crippen molar-refractivity contribution in [1.82, 2.24) is 0 Å². The Balaban J connectivity index is 1.88. The Hall–Kier alpha value is -0.980. The van der Waals surface area contributed by atoms with Gasteiger partial charge in [0.2, 0.25) is 0 Å². The largest absolute Gasteiger partial charge is 0.394 e. The fourth-order valence-corrected chi connectivity index (χ4v) is 2.05. The van der Waals surface area contributed by atoms with Crippen molar-refractivity contribution in [1.29, 1.82) is 0 Å². The molecular formula is C13H20N2O3. The molecule has 1 aliphatic rings. The highest BCUT2D eigenvalue weighted by Crippen LogP contribution is 2.19. The van der Waals surface area contributed by atoms with Crippen LogP contribution in [0.4, 0.5) is 0 Å². The lowest BCUT2D eigenvalue weighted by molar-refractivity contribution is -0.219. The van der Waals surface area contributed by atoms with Crippen LogP contribution in [0.1, 0.15) is 12.0 Å². The van der Waals surface area contributed by atoms with E-state index in [4.69, 9.17) is 26.0 Å². The minimum absolute atomic E-state index is 0.112. The Bertz CT molecular complexity index is 361. The molecule has 1 aliphatic heterocycles. The molecule has 5 nitrogen and oxygen atoms in total. The molecule has 0 amide bonds. The summed E-state index contributed by atoms with van der Waals surface area (Å²) in [5.74, 6) is 0. The highest BCUT2D eigenvalue weighted by molar-refractivity contribution is 5.13. The van der Waals surface area contributed by atoms with Gasteiger partial charge in [-0.1, -0.05) is 30.3 Å². The van der Waals surface area contributed by atoms with E-state index in [1.807, 2.05) is 30.3 Å². The number of nitrogens with two attached hydrogens (primary N) is 2. The Kier molecular flexibility index (Phi) is 4.68. The Morgan fingerprint density at radius 2 is 1.94 bits per heavy atom. The predicted molar refractivity (Wildman–Crippen MR) is 67.5 cm³/mol. The Morgan fingerprint density at radius 3 is 2.61 bits per heavy atom. The molecule has 2 rings (SSSR count). The lowest BCUT2D eigenvalue weighted by Crippen LogP contribution is -2.56. The molecule has 100 valence electrons. The van der Waals surface area contributed by atoms with Gasteiger partial charge in [0, 0.05) is 6.04 Å². The second kappa shape index (κ2) is 6.26. The van der Waals surface area contributed by atoms with Gasteiger partial charge in [-0.05, 0) is 12.0 Å². The third kappa shape index (κ3) is 3.28. The lowest BCUT2D eigenvalue weighted by Gasteiger charge is -2.37. The van der Waals surface area contributed by atoms with Gasteiger partial charge in [0.05, 0.1) is 25.4 Å². The highest BCUT2D eigenvalue weighted by Gasteiger charge is 2.34. The first-order valence-corrected chi connectivity index (χ1v) is 6.13. The van der Waals surface area contributed by atoms with E-state index in [1.165, 1.54) is 0 Å². The van der Waals surface area contributed by atoms with Gasteiger partial charge < -0.3 is 26.0 Å². The van der Waals surface area contributed by atoms with Crippen LogP contribution in [0.3, 0.4) is 0 Å². The standard InChI is InChI=1S/C13H20N2O3/c14-10-6-11(15)13(18-12(10)7-16)17-8-9-4-2-1-3-5-9/h1-5,10-13,16H,6-8,14-15H2/t10-,11+,12+,13-/m0/s1. The summed E-state index contributed by atoms with van der Waals surface area (Å²) in [5, 5.41) is 9.15. The van der Waals surface area contributed by atoms with Gasteiger partial charge >= 0.3 is 0 Å². The van der Waals surface area contributed by atoms with Crippen LogP contribution in [-0.4, -0.2) is 36.2 Å². The number of hydrogen-bond donors (Lipinski definition) is 3. The predicted octanol–water partition coefficient (Wildman–Crippen LogP) is -0.0349. The van der Waals surface area contributed by atoms with Gasteiger partial charge in [-0.2, -0.15) is 0 Å². The van der Waals surface area contributed by atoms with E-state index in [0.29, 0.717) is 13.0 Å². The number of hydrogen-bond acceptors (Lipinski definition) is 5. The molecule has 0 saturated carbocycles. The molecule has 0 aromatic heterocycles. The molecule has 1 heterocycles. The van der Waals surface area contributed by atoms with Crippen molar-refractivity contribution in [2.24, 2.45) is 11.5 Å². The second-order valence-corrected chi connectivity index (χ2v) is 4.59. The van der Waals surface area contributed by atoms with Gasteiger partial charge in [-0.25, -0.2) is 0 Å². The van der Waals surface area contributed by atoms with Crippen LogP contribution in [0.5, 0.6) is 0 Å². The van der Waals surface area contributed by atoms with Crippen molar-refractivity contribution in [3.8, 4) is 0 Å². The molecule has 5 N–H and O–H groups in total. The Morgan fingerprint density at radius 1 is 1.22 bits per heavy atom. The Labute approximate surface area is 107 Å². The van der Waals surface area contributed by atoms with E-state index in [2.05, 4.69) is 0 Å². The van der Waals surface area contributed by atoms with Gasteiger partial charge in [-0.15, -0.1) is 0 Å². The molecule has 1 fully saturated rings. The molecule has 0 aliphatic carbocycles. The van der Waals surface area contributed by atoms with E-state index in [9.17, 15) is 0 Å². The van der Waals surface area contributed by atoms with Crippen LogP contribution in [0.15, 0.2) is 30.3 Å². The number of benzene rings is 1. The molecule has 1 aromatic carbocycles. The monoisotopic (exact) mass is 252 g/mol. The first-order valence-electron chi connectivity index (χ1n) is 6.13. The summed E-state index contributed by atoms with van der Waals surface area (Å²) in [6, 6.07) is 9.31. The maximum absolute atomic E-state index is 9.15. The summed E-state index contributed by atoms with van der Waals surface area (Å²) in [6.45, 7) is 0.325. The summed E-state index contributed by atoms with van der Waals surface area (Å²) >= 11 is 0. The normalized spacial score (nSPS) is 32.4. The minimum Gasteiger partial charge on any atom is -0.394 e. The maximum Gasteiger partial charge on any atom is 0.173 e. The zero-order valence-electron chi connectivity index (χ0n) is 10.2. The SMILES string of the molecule is N[C@@H]1C[C@H](N)[C@@H](CO)O[C@@H]1OCc1ccccc1. The third-order valence-corrected chi connectivity index (χ3v) is 3.12. The van der Waals surface area contributed by atoms with Gasteiger partial charge in [0.1, 0.15) is 0 Å². The molecule has 0 radical (unpaired) electrons. The van der Waals surface area contributed by atoms with Crippen molar-refractivity contribution < 1.29 is 14.6 Å². The van der Waals surface area contributed by atoms with Crippen molar-refractivity contribution in [2.75, 3.05) is 6.61 Å². The topological polar surface area (TPSA) is 90.7 Å². The van der Waals surface area contributed by atoms with E-state index < -0.39 is 12.4 Å². The number of aliphatic hydroxyl groups excluding tert-OH is 1. The molecule has 0 unspecified atom stereocenters. The zero-order chi connectivity index (χ0) is 13.0. The van der Waals surface area contributed by atoms with E-state index in [0.717, 1.165) is 5.56 Å². The zero-order valence-corrected chi connectivity index (χ0v) is 10.2. The molecular weight excluding hydrogens is 232 g/mol. The average Bonchev–Trinajstić information content (AvgIpc) is 2.39. The maximum atomic E-state index is 9.15. The fraction of sp³-hybridized carbons (Fsp3) is 0.538. The van der Waals surface area contributed by atoms with Crippen LogP contribution in [0, 0.1) is 0 Å². The fourth-order valence-electron chi connectivity index (χ4n) is 2.05. The minimum atomic E-state index is -0.512. The molecule has 0 spiro atoms. The highest BCUT2D eigenvalue weighted by atomic mass is 16.7. The molecule has 1 aromatic rings. The van der Waals surface area contributed by atoms with Gasteiger partial charge in [0.15, 0.2) is 6.29 Å². The van der Waals surface area contributed by atoms with Crippen molar-refractivity contribution in [3.63, 3.8) is 0 Å². The quantitative estimate of drug-likeness (QED) is 0.700. The molecule has 4 atom stereocenters. The van der Waals surface area contributed by atoms with E-state index in [1.54, 1.807) is 0 Å². The average molecular weight is 252 g/mol. The third-order valence-electron chi connectivity index (χ3n) is 3.12. The summed E-state index contributed by atoms with van der Waals surface area (Å²) in [6.07, 6.45) is -0.322.